The smallest absolute Gasteiger partial charge is 0.225 e. The van der Waals surface area contributed by atoms with Gasteiger partial charge in [-0.05, 0) is 12.3 Å². The predicted molar refractivity (Wildman–Crippen MR) is 67.7 cm³/mol. The lowest BCUT2D eigenvalue weighted by molar-refractivity contribution is -0.116. The molecule has 0 spiro atoms. The lowest BCUT2D eigenvalue weighted by atomic mass is 10.0. The number of nitrogens with zero attached hydrogens (tertiary/aromatic N) is 3. The zero-order chi connectivity index (χ0) is 13.0. The fraction of sp³-hybridized carbons (Fsp3) is 0.615. The van der Waals surface area contributed by atoms with Gasteiger partial charge in [-0.2, -0.15) is 10.4 Å². The van der Waals surface area contributed by atoms with E-state index in [1.807, 2.05) is 6.07 Å². The van der Waals surface area contributed by atoms with E-state index >= 15 is 0 Å². The van der Waals surface area contributed by atoms with E-state index in [1.165, 1.54) is 30.4 Å². The highest BCUT2D eigenvalue weighted by molar-refractivity contribution is 5.90. The number of amides is 1. The number of hydrogen-bond acceptors (Lipinski definition) is 3. The molecule has 0 bridgehead atoms. The van der Waals surface area contributed by atoms with Crippen LogP contribution in [0, 0.1) is 17.2 Å². The molecule has 1 aromatic rings. The van der Waals surface area contributed by atoms with Crippen LogP contribution in [0.5, 0.6) is 0 Å². The van der Waals surface area contributed by atoms with Gasteiger partial charge in [-0.25, -0.2) is 0 Å². The number of rotatable bonds is 4. The number of nitriles is 1. The van der Waals surface area contributed by atoms with E-state index in [9.17, 15) is 4.79 Å². The van der Waals surface area contributed by atoms with Crippen molar-refractivity contribution in [2.24, 2.45) is 13.0 Å². The van der Waals surface area contributed by atoms with Gasteiger partial charge in [0.05, 0.1) is 0 Å². The summed E-state index contributed by atoms with van der Waals surface area (Å²) in [4.78, 5) is 11.8. The van der Waals surface area contributed by atoms with Crippen LogP contribution in [0.4, 0.5) is 5.82 Å². The molecule has 0 aliphatic heterocycles. The highest BCUT2D eigenvalue weighted by Crippen LogP contribution is 2.28. The lowest BCUT2D eigenvalue weighted by Gasteiger charge is -2.07. The number of hydrogen-bond donors (Lipinski definition) is 1. The molecule has 2 rings (SSSR count). The maximum absolute atomic E-state index is 11.8. The minimum absolute atomic E-state index is 0.0444. The van der Waals surface area contributed by atoms with Crippen LogP contribution in [0.3, 0.4) is 0 Å². The zero-order valence-corrected chi connectivity index (χ0v) is 10.6. The average Bonchev–Trinajstić information content (AvgIpc) is 2.96. The summed E-state index contributed by atoms with van der Waals surface area (Å²) in [6.07, 6.45) is 8.16. The standard InChI is InChI=1S/C13H18N4O/c1-17-9-11(8-14)13(16-17)15-12(18)7-6-10-4-2-3-5-10/h9-10H,2-7H2,1H3,(H,15,16,18). The van der Waals surface area contributed by atoms with Crippen molar-refractivity contribution in [3.8, 4) is 6.07 Å². The normalized spacial score (nSPS) is 15.6. The van der Waals surface area contributed by atoms with E-state index in [4.69, 9.17) is 5.26 Å². The molecule has 5 nitrogen and oxygen atoms in total. The average molecular weight is 246 g/mol. The van der Waals surface area contributed by atoms with Gasteiger partial charge in [0.1, 0.15) is 11.6 Å². The third kappa shape index (κ3) is 3.10. The third-order valence-electron chi connectivity index (χ3n) is 3.46. The molecular formula is C13H18N4O. The first kappa shape index (κ1) is 12.6. The Morgan fingerprint density at radius 2 is 2.33 bits per heavy atom. The summed E-state index contributed by atoms with van der Waals surface area (Å²) in [5.41, 5.74) is 0.409. The van der Waals surface area contributed by atoms with E-state index in [-0.39, 0.29) is 5.91 Å². The molecule has 0 unspecified atom stereocenters. The van der Waals surface area contributed by atoms with Gasteiger partial charge < -0.3 is 5.32 Å². The Morgan fingerprint density at radius 3 is 3.00 bits per heavy atom. The third-order valence-corrected chi connectivity index (χ3v) is 3.46. The fourth-order valence-corrected chi connectivity index (χ4v) is 2.49. The van der Waals surface area contributed by atoms with E-state index < -0.39 is 0 Å². The van der Waals surface area contributed by atoms with Crippen molar-refractivity contribution in [2.75, 3.05) is 5.32 Å². The van der Waals surface area contributed by atoms with Crippen molar-refractivity contribution in [3.05, 3.63) is 11.8 Å². The highest BCUT2D eigenvalue weighted by atomic mass is 16.1. The summed E-state index contributed by atoms with van der Waals surface area (Å²) in [5.74, 6) is 1.03. The van der Waals surface area contributed by atoms with Crippen LogP contribution in [0.2, 0.25) is 0 Å². The van der Waals surface area contributed by atoms with Gasteiger partial charge in [0.25, 0.3) is 0 Å². The minimum Gasteiger partial charge on any atom is -0.308 e. The Labute approximate surface area is 107 Å². The Kier molecular flexibility index (Phi) is 3.98. The van der Waals surface area contributed by atoms with Gasteiger partial charge in [0, 0.05) is 19.7 Å². The second-order valence-electron chi connectivity index (χ2n) is 4.91. The first-order valence-electron chi connectivity index (χ1n) is 6.42. The monoisotopic (exact) mass is 246 g/mol. The summed E-state index contributed by atoms with van der Waals surface area (Å²) >= 11 is 0. The minimum atomic E-state index is -0.0444. The summed E-state index contributed by atoms with van der Waals surface area (Å²) in [7, 11) is 1.73. The van der Waals surface area contributed by atoms with Crippen molar-refractivity contribution >= 4 is 11.7 Å². The molecule has 1 aliphatic rings. The van der Waals surface area contributed by atoms with Crippen LogP contribution in [-0.4, -0.2) is 15.7 Å². The van der Waals surface area contributed by atoms with Crippen LogP contribution in [0.15, 0.2) is 6.20 Å². The second kappa shape index (κ2) is 5.67. The van der Waals surface area contributed by atoms with Gasteiger partial charge in [0.2, 0.25) is 5.91 Å². The Balaban J connectivity index is 1.84. The van der Waals surface area contributed by atoms with Crippen LogP contribution in [-0.2, 0) is 11.8 Å². The molecule has 1 N–H and O–H groups in total. The molecule has 1 saturated carbocycles. The van der Waals surface area contributed by atoms with Crippen molar-refractivity contribution in [2.45, 2.75) is 38.5 Å². The summed E-state index contributed by atoms with van der Waals surface area (Å²) in [6.45, 7) is 0. The number of carbonyl (C=O) groups excluding carboxylic acids is 1. The SMILES string of the molecule is Cn1cc(C#N)c(NC(=O)CCC2CCCC2)n1. The molecule has 1 aromatic heterocycles. The Bertz CT molecular complexity index is 466. The van der Waals surface area contributed by atoms with Crippen LogP contribution in [0.25, 0.3) is 0 Å². The van der Waals surface area contributed by atoms with Crippen LogP contribution >= 0.6 is 0 Å². The van der Waals surface area contributed by atoms with Gasteiger partial charge in [-0.1, -0.05) is 25.7 Å². The highest BCUT2D eigenvalue weighted by Gasteiger charge is 2.17. The topological polar surface area (TPSA) is 70.7 Å². The molecule has 0 saturated heterocycles. The Morgan fingerprint density at radius 1 is 1.61 bits per heavy atom. The van der Waals surface area contributed by atoms with Crippen LogP contribution < -0.4 is 5.32 Å². The van der Waals surface area contributed by atoms with Crippen molar-refractivity contribution in [3.63, 3.8) is 0 Å². The van der Waals surface area contributed by atoms with E-state index in [0.29, 0.717) is 23.7 Å². The molecule has 1 amide bonds. The fourth-order valence-electron chi connectivity index (χ4n) is 2.49. The molecule has 5 heteroatoms. The number of anilines is 1. The van der Waals surface area contributed by atoms with Crippen LogP contribution in [0.1, 0.15) is 44.1 Å². The van der Waals surface area contributed by atoms with E-state index in [2.05, 4.69) is 10.4 Å². The summed E-state index contributed by atoms with van der Waals surface area (Å²) in [5, 5.41) is 15.7. The molecule has 18 heavy (non-hydrogen) atoms. The molecule has 96 valence electrons. The van der Waals surface area contributed by atoms with Gasteiger partial charge in [-0.15, -0.1) is 0 Å². The van der Waals surface area contributed by atoms with E-state index in [0.717, 1.165) is 6.42 Å². The molecule has 0 atom stereocenters. The molecule has 1 aliphatic carbocycles. The van der Waals surface area contributed by atoms with Gasteiger partial charge >= 0.3 is 0 Å². The van der Waals surface area contributed by atoms with Gasteiger partial charge in [-0.3, -0.25) is 9.48 Å². The summed E-state index contributed by atoms with van der Waals surface area (Å²) < 4.78 is 1.53. The van der Waals surface area contributed by atoms with Gasteiger partial charge in [0.15, 0.2) is 5.82 Å². The second-order valence-corrected chi connectivity index (χ2v) is 4.91. The van der Waals surface area contributed by atoms with Crippen molar-refractivity contribution < 1.29 is 4.79 Å². The maximum atomic E-state index is 11.8. The maximum Gasteiger partial charge on any atom is 0.225 e. The molecule has 0 aromatic carbocycles. The molecule has 0 radical (unpaired) electrons. The Hall–Kier alpha value is -1.83. The molecule has 1 heterocycles. The quantitative estimate of drug-likeness (QED) is 0.885. The first-order valence-corrected chi connectivity index (χ1v) is 6.42. The summed E-state index contributed by atoms with van der Waals surface area (Å²) in [6, 6.07) is 2.02. The number of aromatic nitrogens is 2. The van der Waals surface area contributed by atoms with Crippen molar-refractivity contribution in [1.29, 1.82) is 5.26 Å². The number of carbonyl (C=O) groups is 1. The number of nitrogens with one attached hydrogen (secondary N) is 1. The predicted octanol–water partition coefficient (Wildman–Crippen LogP) is 2.20. The lowest BCUT2D eigenvalue weighted by Crippen LogP contribution is -2.14. The zero-order valence-electron chi connectivity index (χ0n) is 10.6. The number of aryl methyl sites for hydroxylation is 1. The first-order chi connectivity index (χ1) is 8.69. The molecular weight excluding hydrogens is 228 g/mol. The largest absolute Gasteiger partial charge is 0.308 e. The molecule has 1 fully saturated rings. The van der Waals surface area contributed by atoms with E-state index in [1.54, 1.807) is 13.2 Å². The van der Waals surface area contributed by atoms with Crippen molar-refractivity contribution in [1.82, 2.24) is 9.78 Å².